The fourth-order valence-corrected chi connectivity index (χ4v) is 4.73. The van der Waals surface area contributed by atoms with Crippen molar-refractivity contribution in [3.05, 3.63) is 82.3 Å². The minimum absolute atomic E-state index is 0.0425. The summed E-state index contributed by atoms with van der Waals surface area (Å²) in [5.41, 5.74) is 6.94. The number of hydrogen-bond donors (Lipinski definition) is 1. The average Bonchev–Trinajstić information content (AvgIpc) is 3.34. The Morgan fingerprint density at radius 2 is 1.82 bits per heavy atom. The van der Waals surface area contributed by atoms with Crippen molar-refractivity contribution in [2.45, 2.75) is 46.7 Å². The average molecular weight is 446 g/mol. The third-order valence-corrected chi connectivity index (χ3v) is 6.31. The second kappa shape index (κ2) is 9.14. The van der Waals surface area contributed by atoms with Crippen molar-refractivity contribution in [3.8, 4) is 0 Å². The molecule has 1 aromatic heterocycles. The molecule has 6 nitrogen and oxygen atoms in total. The first-order valence-electron chi connectivity index (χ1n) is 11.3. The number of para-hydroxylation sites is 1. The number of nitrogens with one attached hydrogen (secondary N) is 1. The van der Waals surface area contributed by atoms with Gasteiger partial charge < -0.3 is 19.5 Å². The molecule has 1 atom stereocenters. The van der Waals surface area contributed by atoms with Gasteiger partial charge in [-0.3, -0.25) is 9.59 Å². The Kier molecular flexibility index (Phi) is 6.27. The summed E-state index contributed by atoms with van der Waals surface area (Å²) in [4.78, 5) is 29.6. The fourth-order valence-electron chi connectivity index (χ4n) is 4.73. The van der Waals surface area contributed by atoms with E-state index in [-0.39, 0.29) is 18.4 Å². The highest BCUT2D eigenvalue weighted by Crippen LogP contribution is 2.33. The van der Waals surface area contributed by atoms with Crippen LogP contribution in [-0.4, -0.2) is 36.3 Å². The summed E-state index contributed by atoms with van der Waals surface area (Å²) in [6.45, 7) is 8.62. The molecule has 0 spiro atoms. The largest absolute Gasteiger partial charge is 0.467 e. The molecule has 1 N–H and O–H groups in total. The van der Waals surface area contributed by atoms with Gasteiger partial charge in [-0.1, -0.05) is 35.9 Å². The van der Waals surface area contributed by atoms with E-state index in [1.165, 1.54) is 16.2 Å². The summed E-state index contributed by atoms with van der Waals surface area (Å²) in [5, 5.41) is 2.96. The molecule has 0 saturated heterocycles. The molecular weight excluding hydrogens is 414 g/mol. The van der Waals surface area contributed by atoms with Crippen LogP contribution in [0.4, 0.5) is 11.4 Å². The summed E-state index contributed by atoms with van der Waals surface area (Å²) >= 11 is 0. The number of hydrogen-bond acceptors (Lipinski definition) is 4. The standard InChI is InChI=1S/C27H31N3O3/c1-17-12-18(2)26(19(3)13-17)28-25(31)16-29(5)27(32)22-10-11-33-24(22)15-30-20(4)14-21-8-6-7-9-23(21)30/h6-13,20H,14-16H2,1-5H3,(H,28,31). The van der Waals surface area contributed by atoms with Gasteiger partial charge in [-0.2, -0.15) is 0 Å². The molecule has 4 rings (SSSR count). The molecule has 1 aliphatic heterocycles. The second-order valence-electron chi connectivity index (χ2n) is 9.05. The second-order valence-corrected chi connectivity index (χ2v) is 9.05. The van der Waals surface area contributed by atoms with E-state index in [9.17, 15) is 9.59 Å². The zero-order valence-corrected chi connectivity index (χ0v) is 19.9. The van der Waals surface area contributed by atoms with Crippen LogP contribution in [-0.2, 0) is 17.8 Å². The van der Waals surface area contributed by atoms with Crippen molar-refractivity contribution < 1.29 is 14.0 Å². The lowest BCUT2D eigenvalue weighted by atomic mass is 10.1. The molecule has 6 heteroatoms. The van der Waals surface area contributed by atoms with E-state index in [1.807, 2.05) is 39.0 Å². The highest BCUT2D eigenvalue weighted by Gasteiger charge is 2.29. The van der Waals surface area contributed by atoms with Gasteiger partial charge in [-0.15, -0.1) is 0 Å². The lowest BCUT2D eigenvalue weighted by Gasteiger charge is -2.24. The quantitative estimate of drug-likeness (QED) is 0.588. The molecule has 172 valence electrons. The van der Waals surface area contributed by atoms with Crippen LogP contribution >= 0.6 is 0 Å². The van der Waals surface area contributed by atoms with Gasteiger partial charge >= 0.3 is 0 Å². The lowest BCUT2D eigenvalue weighted by molar-refractivity contribution is -0.116. The summed E-state index contributed by atoms with van der Waals surface area (Å²) in [6, 6.07) is 14.4. The Morgan fingerprint density at radius 3 is 2.55 bits per heavy atom. The van der Waals surface area contributed by atoms with Crippen LogP contribution in [0.2, 0.25) is 0 Å². The molecule has 1 unspecified atom stereocenters. The Labute approximate surface area is 195 Å². The van der Waals surface area contributed by atoms with Crippen molar-refractivity contribution in [2.75, 3.05) is 23.8 Å². The van der Waals surface area contributed by atoms with Gasteiger partial charge in [0.15, 0.2) is 0 Å². The monoisotopic (exact) mass is 445 g/mol. The number of fused-ring (bicyclic) bond motifs is 1. The van der Waals surface area contributed by atoms with E-state index < -0.39 is 0 Å². The number of carbonyl (C=O) groups is 2. The molecule has 0 bridgehead atoms. The van der Waals surface area contributed by atoms with Gasteiger partial charge in [0, 0.05) is 24.5 Å². The highest BCUT2D eigenvalue weighted by molar-refractivity contribution is 6.00. The van der Waals surface area contributed by atoms with Gasteiger partial charge in [0.1, 0.15) is 5.76 Å². The molecule has 0 aliphatic carbocycles. The number of furan rings is 1. The number of anilines is 2. The minimum atomic E-state index is -0.230. The smallest absolute Gasteiger partial charge is 0.257 e. The maximum absolute atomic E-state index is 13.2. The number of carbonyl (C=O) groups excluding carboxylic acids is 2. The molecule has 3 aromatic rings. The summed E-state index contributed by atoms with van der Waals surface area (Å²) in [5.74, 6) is 0.153. The fraction of sp³-hybridized carbons (Fsp3) is 0.333. The Morgan fingerprint density at radius 1 is 1.12 bits per heavy atom. The van der Waals surface area contributed by atoms with Crippen molar-refractivity contribution in [3.63, 3.8) is 0 Å². The van der Waals surface area contributed by atoms with Gasteiger partial charge in [0.2, 0.25) is 5.91 Å². The SMILES string of the molecule is Cc1cc(C)c(NC(=O)CN(C)C(=O)c2ccoc2CN2c3ccccc3CC2C)c(C)c1. The first-order chi connectivity index (χ1) is 15.7. The molecule has 1 aliphatic rings. The molecule has 2 aromatic carbocycles. The molecule has 33 heavy (non-hydrogen) atoms. The maximum Gasteiger partial charge on any atom is 0.257 e. The zero-order valence-electron chi connectivity index (χ0n) is 19.9. The topological polar surface area (TPSA) is 65.8 Å². The molecule has 2 heterocycles. The summed E-state index contributed by atoms with van der Waals surface area (Å²) < 4.78 is 5.71. The van der Waals surface area contributed by atoms with Gasteiger partial charge in [0.25, 0.3) is 5.91 Å². The predicted octanol–water partition coefficient (Wildman–Crippen LogP) is 4.87. The van der Waals surface area contributed by atoms with Gasteiger partial charge in [-0.05, 0) is 62.9 Å². The van der Waals surface area contributed by atoms with Crippen LogP contribution in [0.1, 0.15) is 45.3 Å². The van der Waals surface area contributed by atoms with E-state index in [2.05, 4.69) is 35.3 Å². The molecular formula is C27H31N3O3. The maximum atomic E-state index is 13.2. The number of aryl methyl sites for hydroxylation is 3. The van der Waals surface area contributed by atoms with Crippen LogP contribution in [0, 0.1) is 20.8 Å². The van der Waals surface area contributed by atoms with Gasteiger partial charge in [0.05, 0.1) is 24.9 Å². The Bertz CT molecular complexity index is 1170. The number of benzene rings is 2. The van der Waals surface area contributed by atoms with E-state index >= 15 is 0 Å². The first-order valence-corrected chi connectivity index (χ1v) is 11.3. The molecule has 0 saturated carbocycles. The summed E-state index contributed by atoms with van der Waals surface area (Å²) in [7, 11) is 1.64. The number of amides is 2. The number of rotatable bonds is 6. The lowest BCUT2D eigenvalue weighted by Crippen LogP contribution is -2.36. The van der Waals surface area contributed by atoms with Crippen LogP contribution in [0.5, 0.6) is 0 Å². The molecule has 2 amide bonds. The van der Waals surface area contributed by atoms with Crippen molar-refractivity contribution in [1.82, 2.24) is 4.90 Å². The highest BCUT2D eigenvalue weighted by atomic mass is 16.3. The van der Waals surface area contributed by atoms with Crippen molar-refractivity contribution in [1.29, 1.82) is 0 Å². The van der Waals surface area contributed by atoms with E-state index in [4.69, 9.17) is 4.42 Å². The van der Waals surface area contributed by atoms with E-state index in [0.717, 1.165) is 28.8 Å². The first kappa shape index (κ1) is 22.6. The molecule has 0 radical (unpaired) electrons. The van der Waals surface area contributed by atoms with E-state index in [1.54, 1.807) is 19.4 Å². The minimum Gasteiger partial charge on any atom is -0.467 e. The number of nitrogens with zero attached hydrogens (tertiary/aromatic N) is 2. The number of likely N-dealkylation sites (N-methyl/N-ethyl adjacent to an activating group) is 1. The summed E-state index contributed by atoms with van der Waals surface area (Å²) in [6.07, 6.45) is 2.51. The molecule has 0 fully saturated rings. The van der Waals surface area contributed by atoms with Crippen LogP contribution in [0.3, 0.4) is 0 Å². The van der Waals surface area contributed by atoms with Crippen molar-refractivity contribution in [2.24, 2.45) is 0 Å². The van der Waals surface area contributed by atoms with Crippen LogP contribution in [0.15, 0.2) is 53.1 Å². The van der Waals surface area contributed by atoms with E-state index in [0.29, 0.717) is 23.9 Å². The van der Waals surface area contributed by atoms with Crippen molar-refractivity contribution >= 4 is 23.2 Å². The Balaban J connectivity index is 1.44. The third-order valence-electron chi connectivity index (χ3n) is 6.31. The third kappa shape index (κ3) is 4.65. The van der Waals surface area contributed by atoms with Crippen LogP contribution < -0.4 is 10.2 Å². The van der Waals surface area contributed by atoms with Gasteiger partial charge in [-0.25, -0.2) is 0 Å². The Hall–Kier alpha value is -3.54. The predicted molar refractivity (Wildman–Crippen MR) is 131 cm³/mol. The normalized spacial score (nSPS) is 14.8. The zero-order chi connectivity index (χ0) is 23.7. The van der Waals surface area contributed by atoms with Crippen LogP contribution in [0.25, 0.3) is 0 Å².